The number of urea groups is 1. The lowest BCUT2D eigenvalue weighted by Crippen LogP contribution is -2.51. The summed E-state index contributed by atoms with van der Waals surface area (Å²) in [4.78, 5) is 35.8. The first-order chi connectivity index (χ1) is 9.95. The Bertz CT molecular complexity index is 380. The van der Waals surface area contributed by atoms with Crippen molar-refractivity contribution in [1.82, 2.24) is 10.2 Å². The van der Waals surface area contributed by atoms with Crippen LogP contribution >= 0.6 is 0 Å². The van der Waals surface area contributed by atoms with E-state index in [4.69, 9.17) is 4.74 Å². The third kappa shape index (κ3) is 5.61. The number of nitrogens with one attached hydrogen (secondary N) is 1. The van der Waals surface area contributed by atoms with Crippen LogP contribution in [0.15, 0.2) is 0 Å². The van der Waals surface area contributed by atoms with Crippen LogP contribution < -0.4 is 5.32 Å². The molecule has 1 rings (SSSR count). The number of nitrogens with zero attached hydrogens (tertiary/aromatic N) is 1. The van der Waals surface area contributed by atoms with Gasteiger partial charge in [0.1, 0.15) is 12.6 Å². The average Bonchev–Trinajstić information content (AvgIpc) is 2.45. The Labute approximate surface area is 124 Å². The Morgan fingerprint density at radius 2 is 1.90 bits per heavy atom. The molecule has 2 N–H and O–H groups in total. The lowest BCUT2D eigenvalue weighted by Gasteiger charge is -2.29. The predicted octanol–water partition coefficient (Wildman–Crippen LogP) is 1.22. The van der Waals surface area contributed by atoms with Crippen molar-refractivity contribution in [3.05, 3.63) is 0 Å². The summed E-state index contributed by atoms with van der Waals surface area (Å²) in [5.41, 5.74) is 0. The summed E-state index contributed by atoms with van der Waals surface area (Å²) in [5, 5.41) is 11.8. The van der Waals surface area contributed by atoms with Gasteiger partial charge in [0.15, 0.2) is 0 Å². The number of aliphatic carboxylic acids is 1. The van der Waals surface area contributed by atoms with Gasteiger partial charge in [-0.05, 0) is 25.7 Å². The molecular weight excluding hydrogens is 276 g/mol. The van der Waals surface area contributed by atoms with Gasteiger partial charge in [0.25, 0.3) is 0 Å². The number of rotatable bonds is 6. The molecule has 0 aliphatic heterocycles. The van der Waals surface area contributed by atoms with Gasteiger partial charge in [-0.1, -0.05) is 19.3 Å². The normalized spacial score (nSPS) is 16.9. The van der Waals surface area contributed by atoms with Crippen LogP contribution in [0, 0.1) is 5.92 Å². The first-order valence-corrected chi connectivity index (χ1v) is 7.35. The summed E-state index contributed by atoms with van der Waals surface area (Å²) >= 11 is 0. The molecule has 0 saturated heterocycles. The minimum absolute atomic E-state index is 0.0452. The zero-order valence-electron chi connectivity index (χ0n) is 12.6. The fourth-order valence-corrected chi connectivity index (χ4v) is 2.56. The largest absolute Gasteiger partial charge is 0.480 e. The molecule has 0 aromatic heterocycles. The Hall–Kier alpha value is -1.79. The maximum absolute atomic E-state index is 12.0. The van der Waals surface area contributed by atoms with Gasteiger partial charge in [-0.15, -0.1) is 0 Å². The molecule has 1 atom stereocenters. The summed E-state index contributed by atoms with van der Waals surface area (Å²) in [6, 6.07) is -1.47. The minimum atomic E-state index is -1.03. The van der Waals surface area contributed by atoms with Crippen LogP contribution in [-0.2, 0) is 14.3 Å². The molecular formula is C14H24N2O5. The van der Waals surface area contributed by atoms with Crippen LogP contribution in [0.2, 0.25) is 0 Å². The van der Waals surface area contributed by atoms with Crippen LogP contribution in [0.3, 0.4) is 0 Å². The SMILES string of the molecule is CCOC(=O)CN(C)C(=O)NC(C(=O)O)C1CCCCC1. The number of ether oxygens (including phenoxy) is 1. The molecule has 7 nitrogen and oxygen atoms in total. The highest BCUT2D eigenvalue weighted by molar-refractivity contribution is 5.85. The number of hydrogen-bond donors (Lipinski definition) is 2. The van der Waals surface area contributed by atoms with Gasteiger partial charge in [0.05, 0.1) is 6.61 Å². The third-order valence-electron chi connectivity index (χ3n) is 3.68. The standard InChI is InChI=1S/C14H24N2O5/c1-3-21-11(17)9-16(2)14(20)15-12(13(18)19)10-7-5-4-6-8-10/h10,12H,3-9H2,1-2H3,(H,15,20)(H,18,19). The quantitative estimate of drug-likeness (QED) is 0.719. The summed E-state index contributed by atoms with van der Waals surface area (Å²) in [7, 11) is 1.44. The van der Waals surface area contributed by atoms with E-state index < -0.39 is 24.0 Å². The molecule has 0 radical (unpaired) electrons. The summed E-state index contributed by atoms with van der Waals surface area (Å²) in [6.07, 6.45) is 4.70. The maximum Gasteiger partial charge on any atom is 0.326 e. The van der Waals surface area contributed by atoms with Crippen molar-refractivity contribution in [2.45, 2.75) is 45.1 Å². The maximum atomic E-state index is 12.0. The molecule has 21 heavy (non-hydrogen) atoms. The van der Waals surface area contributed by atoms with Gasteiger partial charge in [-0.3, -0.25) is 4.79 Å². The van der Waals surface area contributed by atoms with E-state index in [0.717, 1.165) is 37.0 Å². The zero-order valence-corrected chi connectivity index (χ0v) is 12.6. The zero-order chi connectivity index (χ0) is 15.8. The number of esters is 1. The van der Waals surface area contributed by atoms with Crippen LogP contribution in [0.5, 0.6) is 0 Å². The number of carboxylic acid groups (broad SMARTS) is 1. The van der Waals surface area contributed by atoms with E-state index in [2.05, 4.69) is 5.32 Å². The molecule has 1 fully saturated rings. The van der Waals surface area contributed by atoms with Gasteiger partial charge < -0.3 is 20.1 Å². The molecule has 1 aliphatic carbocycles. The molecule has 1 unspecified atom stereocenters. The fraction of sp³-hybridized carbons (Fsp3) is 0.786. The minimum Gasteiger partial charge on any atom is -0.480 e. The van der Waals surface area contributed by atoms with Gasteiger partial charge in [-0.2, -0.15) is 0 Å². The van der Waals surface area contributed by atoms with Crippen molar-refractivity contribution in [2.75, 3.05) is 20.2 Å². The first kappa shape index (κ1) is 17.3. The Morgan fingerprint density at radius 1 is 1.29 bits per heavy atom. The highest BCUT2D eigenvalue weighted by atomic mass is 16.5. The van der Waals surface area contributed by atoms with Crippen molar-refractivity contribution < 1.29 is 24.2 Å². The highest BCUT2D eigenvalue weighted by Gasteiger charge is 2.31. The number of likely N-dealkylation sites (N-methyl/N-ethyl adjacent to an activating group) is 1. The van der Waals surface area contributed by atoms with Crippen LogP contribution in [0.25, 0.3) is 0 Å². The van der Waals surface area contributed by atoms with Crippen molar-refractivity contribution in [3.63, 3.8) is 0 Å². The second kappa shape index (κ2) is 8.49. The Morgan fingerprint density at radius 3 is 2.43 bits per heavy atom. The molecule has 0 spiro atoms. The van der Waals surface area contributed by atoms with Gasteiger partial charge in [0, 0.05) is 7.05 Å². The monoisotopic (exact) mass is 300 g/mol. The first-order valence-electron chi connectivity index (χ1n) is 7.35. The summed E-state index contributed by atoms with van der Waals surface area (Å²) in [6.45, 7) is 1.73. The lowest BCUT2D eigenvalue weighted by molar-refractivity contribution is -0.143. The summed E-state index contributed by atoms with van der Waals surface area (Å²) in [5.74, 6) is -1.59. The molecule has 1 saturated carbocycles. The molecule has 0 heterocycles. The molecule has 2 amide bonds. The number of amides is 2. The molecule has 7 heteroatoms. The van der Waals surface area contributed by atoms with Crippen LogP contribution in [0.1, 0.15) is 39.0 Å². The smallest absolute Gasteiger partial charge is 0.326 e. The molecule has 120 valence electrons. The van der Waals surface area contributed by atoms with E-state index in [1.165, 1.54) is 7.05 Å². The van der Waals surface area contributed by atoms with Crippen molar-refractivity contribution in [3.8, 4) is 0 Å². The van der Waals surface area contributed by atoms with E-state index in [9.17, 15) is 19.5 Å². The van der Waals surface area contributed by atoms with Gasteiger partial charge in [-0.25, -0.2) is 9.59 Å². The molecule has 1 aliphatic rings. The van der Waals surface area contributed by atoms with Crippen molar-refractivity contribution in [1.29, 1.82) is 0 Å². The lowest BCUT2D eigenvalue weighted by atomic mass is 9.84. The molecule has 0 aromatic carbocycles. The number of carboxylic acids is 1. The third-order valence-corrected chi connectivity index (χ3v) is 3.68. The van der Waals surface area contributed by atoms with Crippen LogP contribution in [0.4, 0.5) is 4.79 Å². The van der Waals surface area contributed by atoms with Crippen molar-refractivity contribution in [2.24, 2.45) is 5.92 Å². The Balaban J connectivity index is 2.55. The van der Waals surface area contributed by atoms with Crippen LogP contribution in [-0.4, -0.2) is 54.2 Å². The highest BCUT2D eigenvalue weighted by Crippen LogP contribution is 2.26. The predicted molar refractivity (Wildman–Crippen MR) is 75.8 cm³/mol. The van der Waals surface area contributed by atoms with E-state index in [1.54, 1.807) is 6.92 Å². The van der Waals surface area contributed by atoms with E-state index >= 15 is 0 Å². The summed E-state index contributed by atoms with van der Waals surface area (Å²) < 4.78 is 4.75. The van der Waals surface area contributed by atoms with E-state index in [1.807, 2.05) is 0 Å². The number of carbonyl (C=O) groups excluding carboxylic acids is 2. The second-order valence-corrected chi connectivity index (χ2v) is 5.32. The molecule has 0 aromatic rings. The topological polar surface area (TPSA) is 95.9 Å². The number of hydrogen-bond acceptors (Lipinski definition) is 4. The van der Waals surface area contributed by atoms with Crippen molar-refractivity contribution >= 4 is 18.0 Å². The molecule has 0 bridgehead atoms. The van der Waals surface area contributed by atoms with Gasteiger partial charge in [0.2, 0.25) is 0 Å². The average molecular weight is 300 g/mol. The number of carbonyl (C=O) groups is 3. The van der Waals surface area contributed by atoms with E-state index in [-0.39, 0.29) is 19.1 Å². The Kier molecular flexibility index (Phi) is 6.98. The van der Waals surface area contributed by atoms with E-state index in [0.29, 0.717) is 0 Å². The fourth-order valence-electron chi connectivity index (χ4n) is 2.56. The van der Waals surface area contributed by atoms with Gasteiger partial charge >= 0.3 is 18.0 Å². The second-order valence-electron chi connectivity index (χ2n) is 5.32.